The number of rotatable bonds is 4. The summed E-state index contributed by atoms with van der Waals surface area (Å²) in [4.78, 5) is 4.43. The lowest BCUT2D eigenvalue weighted by molar-refractivity contribution is 0.172. The lowest BCUT2D eigenvalue weighted by atomic mass is 10.1. The summed E-state index contributed by atoms with van der Waals surface area (Å²) in [5, 5.41) is 5.56. The van der Waals surface area contributed by atoms with Crippen LogP contribution in [0.4, 0.5) is 0 Å². The predicted molar refractivity (Wildman–Crippen MR) is 98.6 cm³/mol. The van der Waals surface area contributed by atoms with Gasteiger partial charge >= 0.3 is 0 Å². The SMILES string of the molecule is Clc1nc2cc3c(cc2cc1C=NNCc1ccccc1)OCCO3. The molecular formula is C19H16ClN3O2. The van der Waals surface area contributed by atoms with Crippen molar-refractivity contribution < 1.29 is 9.47 Å². The Morgan fingerprint density at radius 1 is 1.08 bits per heavy atom. The van der Waals surface area contributed by atoms with Gasteiger partial charge in [-0.25, -0.2) is 4.98 Å². The number of aromatic nitrogens is 1. The van der Waals surface area contributed by atoms with E-state index in [1.54, 1.807) is 6.21 Å². The van der Waals surface area contributed by atoms with Gasteiger partial charge in [-0.3, -0.25) is 0 Å². The highest BCUT2D eigenvalue weighted by atomic mass is 35.5. The van der Waals surface area contributed by atoms with Crippen LogP contribution in [-0.4, -0.2) is 24.4 Å². The Hall–Kier alpha value is -2.79. The van der Waals surface area contributed by atoms with E-state index in [4.69, 9.17) is 21.1 Å². The molecule has 0 spiro atoms. The number of fused-ring (bicyclic) bond motifs is 2. The van der Waals surface area contributed by atoms with Crippen LogP contribution in [-0.2, 0) is 6.54 Å². The Labute approximate surface area is 150 Å². The molecule has 4 rings (SSSR count). The average Bonchev–Trinajstić information content (AvgIpc) is 2.65. The first-order chi connectivity index (χ1) is 12.3. The second kappa shape index (κ2) is 6.99. The molecule has 0 saturated heterocycles. The fraction of sp³-hybridized carbons (Fsp3) is 0.158. The Kier molecular flexibility index (Phi) is 4.39. The van der Waals surface area contributed by atoms with E-state index >= 15 is 0 Å². The molecule has 1 aliphatic rings. The van der Waals surface area contributed by atoms with Crippen LogP contribution in [0.3, 0.4) is 0 Å². The Balaban J connectivity index is 1.54. The summed E-state index contributed by atoms with van der Waals surface area (Å²) in [5.74, 6) is 1.43. The van der Waals surface area contributed by atoms with Gasteiger partial charge in [0.25, 0.3) is 0 Å². The summed E-state index contributed by atoms with van der Waals surface area (Å²) in [5.41, 5.74) is 5.68. The van der Waals surface area contributed by atoms with E-state index in [0.717, 1.165) is 27.8 Å². The second-order valence-electron chi connectivity index (χ2n) is 5.64. The number of benzene rings is 2. The minimum absolute atomic E-state index is 0.398. The maximum absolute atomic E-state index is 6.28. The van der Waals surface area contributed by atoms with Gasteiger partial charge in [0.05, 0.1) is 18.3 Å². The molecule has 25 heavy (non-hydrogen) atoms. The van der Waals surface area contributed by atoms with E-state index in [2.05, 4.69) is 15.5 Å². The zero-order chi connectivity index (χ0) is 17.1. The predicted octanol–water partition coefficient (Wildman–Crippen LogP) is 3.78. The highest BCUT2D eigenvalue weighted by Gasteiger charge is 2.14. The smallest absolute Gasteiger partial charge is 0.163 e. The van der Waals surface area contributed by atoms with Crippen LogP contribution in [0.25, 0.3) is 10.9 Å². The van der Waals surface area contributed by atoms with Crippen molar-refractivity contribution in [1.29, 1.82) is 0 Å². The molecule has 0 unspecified atom stereocenters. The van der Waals surface area contributed by atoms with Crippen molar-refractivity contribution in [3.05, 3.63) is 64.8 Å². The third-order valence-electron chi connectivity index (χ3n) is 3.88. The molecule has 0 fully saturated rings. The van der Waals surface area contributed by atoms with Gasteiger partial charge in [0, 0.05) is 17.0 Å². The van der Waals surface area contributed by atoms with Gasteiger partial charge in [-0.1, -0.05) is 41.9 Å². The van der Waals surface area contributed by atoms with Crippen LogP contribution in [0.1, 0.15) is 11.1 Å². The monoisotopic (exact) mass is 353 g/mol. The molecule has 3 aromatic rings. The zero-order valence-corrected chi connectivity index (χ0v) is 14.2. The van der Waals surface area contributed by atoms with Gasteiger partial charge in [-0.05, 0) is 17.7 Å². The fourth-order valence-electron chi connectivity index (χ4n) is 2.64. The van der Waals surface area contributed by atoms with Crippen LogP contribution in [0.15, 0.2) is 53.6 Å². The summed E-state index contributed by atoms with van der Waals surface area (Å²) >= 11 is 6.28. The molecule has 0 amide bonds. The number of halogens is 1. The van der Waals surface area contributed by atoms with Crippen molar-refractivity contribution in [2.45, 2.75) is 6.54 Å². The van der Waals surface area contributed by atoms with Crippen molar-refractivity contribution in [3.63, 3.8) is 0 Å². The number of hydrogen-bond acceptors (Lipinski definition) is 5. The summed E-state index contributed by atoms with van der Waals surface area (Å²) in [7, 11) is 0. The van der Waals surface area contributed by atoms with Gasteiger partial charge < -0.3 is 14.9 Å². The summed E-state index contributed by atoms with van der Waals surface area (Å²) in [6.07, 6.45) is 1.68. The van der Waals surface area contributed by atoms with Crippen molar-refractivity contribution in [2.24, 2.45) is 5.10 Å². The maximum atomic E-state index is 6.28. The van der Waals surface area contributed by atoms with Crippen LogP contribution in [0, 0.1) is 0 Å². The average molecular weight is 354 g/mol. The normalized spacial score (nSPS) is 13.3. The molecule has 2 aromatic carbocycles. The van der Waals surface area contributed by atoms with Crippen molar-refractivity contribution in [1.82, 2.24) is 10.4 Å². The van der Waals surface area contributed by atoms with E-state index < -0.39 is 0 Å². The summed E-state index contributed by atoms with van der Waals surface area (Å²) in [6, 6.07) is 15.8. The van der Waals surface area contributed by atoms with Crippen LogP contribution >= 0.6 is 11.6 Å². The van der Waals surface area contributed by atoms with Crippen LogP contribution in [0.5, 0.6) is 11.5 Å². The standard InChI is InChI=1S/C19H16ClN3O2/c20-19-15(12-22-21-11-13-4-2-1-3-5-13)8-14-9-17-18(10-16(14)23-19)25-7-6-24-17/h1-5,8-10,12,21H,6-7,11H2. The minimum Gasteiger partial charge on any atom is -0.486 e. The zero-order valence-electron chi connectivity index (χ0n) is 13.4. The molecule has 1 aromatic heterocycles. The van der Waals surface area contributed by atoms with Gasteiger partial charge in [-0.15, -0.1) is 0 Å². The first kappa shape index (κ1) is 15.7. The Morgan fingerprint density at radius 2 is 1.84 bits per heavy atom. The molecule has 0 saturated carbocycles. The molecule has 1 N–H and O–H groups in total. The Bertz CT molecular complexity index is 929. The quantitative estimate of drug-likeness (QED) is 0.440. The third-order valence-corrected chi connectivity index (χ3v) is 4.18. The third kappa shape index (κ3) is 3.51. The van der Waals surface area contributed by atoms with E-state index in [-0.39, 0.29) is 0 Å². The van der Waals surface area contributed by atoms with E-state index in [0.29, 0.717) is 30.7 Å². The first-order valence-electron chi connectivity index (χ1n) is 7.99. The number of pyridine rings is 1. The molecule has 0 bridgehead atoms. The van der Waals surface area contributed by atoms with Crippen molar-refractivity contribution in [3.8, 4) is 11.5 Å². The summed E-state index contributed by atoms with van der Waals surface area (Å²) in [6.45, 7) is 1.75. The highest BCUT2D eigenvalue weighted by molar-refractivity contribution is 6.32. The maximum Gasteiger partial charge on any atom is 0.163 e. The Morgan fingerprint density at radius 3 is 2.64 bits per heavy atom. The number of nitrogens with one attached hydrogen (secondary N) is 1. The molecular weight excluding hydrogens is 338 g/mol. The first-order valence-corrected chi connectivity index (χ1v) is 8.37. The lowest BCUT2D eigenvalue weighted by Crippen LogP contribution is -2.15. The number of nitrogens with zero attached hydrogens (tertiary/aromatic N) is 2. The molecule has 0 radical (unpaired) electrons. The van der Waals surface area contributed by atoms with Crippen LogP contribution < -0.4 is 14.9 Å². The van der Waals surface area contributed by atoms with Crippen molar-refractivity contribution in [2.75, 3.05) is 13.2 Å². The van der Waals surface area contributed by atoms with Crippen molar-refractivity contribution >= 4 is 28.7 Å². The summed E-state index contributed by atoms with van der Waals surface area (Å²) < 4.78 is 11.2. The molecule has 0 atom stereocenters. The van der Waals surface area contributed by atoms with Gasteiger partial charge in [0.2, 0.25) is 0 Å². The van der Waals surface area contributed by atoms with E-state index in [1.165, 1.54) is 0 Å². The van der Waals surface area contributed by atoms with E-state index in [1.807, 2.05) is 48.5 Å². The van der Waals surface area contributed by atoms with Gasteiger partial charge in [0.1, 0.15) is 18.4 Å². The number of hydrogen-bond donors (Lipinski definition) is 1. The number of ether oxygens (including phenoxy) is 2. The molecule has 5 nitrogen and oxygen atoms in total. The lowest BCUT2D eigenvalue weighted by Gasteiger charge is -2.18. The van der Waals surface area contributed by atoms with Gasteiger partial charge in [0.15, 0.2) is 11.5 Å². The topological polar surface area (TPSA) is 55.7 Å². The number of hydrazone groups is 1. The van der Waals surface area contributed by atoms with Gasteiger partial charge in [-0.2, -0.15) is 5.10 Å². The second-order valence-corrected chi connectivity index (χ2v) is 5.99. The molecule has 0 aliphatic carbocycles. The minimum atomic E-state index is 0.398. The highest BCUT2D eigenvalue weighted by Crippen LogP contribution is 2.34. The molecule has 1 aliphatic heterocycles. The van der Waals surface area contributed by atoms with Crippen LogP contribution in [0.2, 0.25) is 5.15 Å². The molecule has 2 heterocycles. The fourth-order valence-corrected chi connectivity index (χ4v) is 2.84. The largest absolute Gasteiger partial charge is 0.486 e. The molecule has 126 valence electrons. The van der Waals surface area contributed by atoms with E-state index in [9.17, 15) is 0 Å². The molecule has 6 heteroatoms.